The molecule has 0 saturated heterocycles. The third-order valence-corrected chi connectivity index (χ3v) is 3.52. The van der Waals surface area contributed by atoms with E-state index in [2.05, 4.69) is 26.1 Å². The van der Waals surface area contributed by atoms with Gasteiger partial charge in [-0.05, 0) is 37.0 Å². The Morgan fingerprint density at radius 1 is 1.36 bits per heavy atom. The van der Waals surface area contributed by atoms with E-state index in [0.29, 0.717) is 11.4 Å². The van der Waals surface area contributed by atoms with Gasteiger partial charge in [-0.3, -0.25) is 14.5 Å². The van der Waals surface area contributed by atoms with Crippen molar-refractivity contribution in [2.45, 2.75) is 46.1 Å². The largest absolute Gasteiger partial charge is 0.482 e. The maximum absolute atomic E-state index is 12.1. The van der Waals surface area contributed by atoms with Crippen LogP contribution in [0.1, 0.15) is 40.2 Å². The van der Waals surface area contributed by atoms with Crippen molar-refractivity contribution in [1.29, 1.82) is 0 Å². The van der Waals surface area contributed by atoms with Crippen LogP contribution < -0.4 is 15.0 Å². The van der Waals surface area contributed by atoms with Gasteiger partial charge in [-0.2, -0.15) is 0 Å². The Bertz CT molecular complexity index is 588. The number of benzene rings is 1. The molecule has 0 fully saturated rings. The Morgan fingerprint density at radius 2 is 2.05 bits per heavy atom. The Labute approximate surface area is 131 Å². The second kappa shape index (κ2) is 5.99. The zero-order chi connectivity index (χ0) is 16.5. The lowest BCUT2D eigenvalue weighted by molar-refractivity contribution is -0.125. The summed E-state index contributed by atoms with van der Waals surface area (Å²) in [7, 11) is 0. The van der Waals surface area contributed by atoms with E-state index in [9.17, 15) is 9.59 Å². The number of nitrogens with one attached hydrogen (secondary N) is 1. The van der Waals surface area contributed by atoms with Crippen molar-refractivity contribution in [2.75, 3.05) is 18.1 Å². The molecule has 1 aliphatic rings. The van der Waals surface area contributed by atoms with Gasteiger partial charge in [0.1, 0.15) is 12.3 Å². The minimum atomic E-state index is -0.199. The fourth-order valence-corrected chi connectivity index (χ4v) is 2.36. The molecule has 22 heavy (non-hydrogen) atoms. The maximum atomic E-state index is 12.1. The summed E-state index contributed by atoms with van der Waals surface area (Å²) in [5.74, 6) is 0.287. The van der Waals surface area contributed by atoms with Crippen LogP contribution in [0.2, 0.25) is 0 Å². The quantitative estimate of drug-likeness (QED) is 0.931. The first-order chi connectivity index (χ1) is 10.2. The Hall–Kier alpha value is -2.04. The summed E-state index contributed by atoms with van der Waals surface area (Å²) in [6.07, 6.45) is 0. The Balaban J connectivity index is 2.27. The van der Waals surface area contributed by atoms with Crippen LogP contribution >= 0.6 is 0 Å². The molecule has 2 rings (SSSR count). The second-order valence-corrected chi connectivity index (χ2v) is 6.92. The van der Waals surface area contributed by atoms with Crippen LogP contribution in [-0.2, 0) is 15.0 Å². The Kier molecular flexibility index (Phi) is 4.44. The van der Waals surface area contributed by atoms with Gasteiger partial charge < -0.3 is 10.1 Å². The summed E-state index contributed by atoms with van der Waals surface area (Å²) in [5, 5.41) is 2.80. The number of hydrogen-bond acceptors (Lipinski definition) is 3. The highest BCUT2D eigenvalue weighted by Crippen LogP contribution is 2.36. The predicted octanol–water partition coefficient (Wildman–Crippen LogP) is 2.23. The van der Waals surface area contributed by atoms with Gasteiger partial charge >= 0.3 is 0 Å². The number of amides is 2. The fourth-order valence-electron chi connectivity index (χ4n) is 2.36. The summed E-state index contributed by atoms with van der Waals surface area (Å²) in [6, 6.07) is 5.84. The molecular weight excluding hydrogens is 280 g/mol. The van der Waals surface area contributed by atoms with Crippen LogP contribution in [0.4, 0.5) is 5.69 Å². The molecule has 1 aliphatic heterocycles. The number of anilines is 1. The third kappa shape index (κ3) is 3.59. The highest BCUT2D eigenvalue weighted by atomic mass is 16.5. The molecular formula is C17H24N2O3. The van der Waals surface area contributed by atoms with Crippen molar-refractivity contribution < 1.29 is 14.3 Å². The molecule has 5 heteroatoms. The summed E-state index contributed by atoms with van der Waals surface area (Å²) >= 11 is 0. The minimum absolute atomic E-state index is 0.000304. The first-order valence-electron chi connectivity index (χ1n) is 7.55. The number of carbonyl (C=O) groups is 2. The van der Waals surface area contributed by atoms with Gasteiger partial charge in [-0.25, -0.2) is 0 Å². The SMILES string of the molecule is CC(C)NC(=O)CN1C(=O)COc2cc(C(C)(C)C)ccc21. The van der Waals surface area contributed by atoms with Crippen LogP contribution in [0.3, 0.4) is 0 Å². The number of hydrogen-bond donors (Lipinski definition) is 1. The zero-order valence-corrected chi connectivity index (χ0v) is 13.9. The molecule has 1 aromatic rings. The predicted molar refractivity (Wildman–Crippen MR) is 86.3 cm³/mol. The average molecular weight is 304 g/mol. The first-order valence-corrected chi connectivity index (χ1v) is 7.55. The maximum Gasteiger partial charge on any atom is 0.265 e. The van der Waals surface area contributed by atoms with Crippen LogP contribution in [0.25, 0.3) is 0 Å². The third-order valence-electron chi connectivity index (χ3n) is 3.52. The van der Waals surface area contributed by atoms with Crippen molar-refractivity contribution in [2.24, 2.45) is 0 Å². The van der Waals surface area contributed by atoms with Crippen molar-refractivity contribution >= 4 is 17.5 Å². The topological polar surface area (TPSA) is 58.6 Å². The average Bonchev–Trinajstić information content (AvgIpc) is 2.39. The minimum Gasteiger partial charge on any atom is -0.482 e. The summed E-state index contributed by atoms with van der Waals surface area (Å²) in [4.78, 5) is 25.5. The number of fused-ring (bicyclic) bond motifs is 1. The molecule has 1 aromatic carbocycles. The number of rotatable bonds is 3. The van der Waals surface area contributed by atoms with E-state index in [-0.39, 0.29) is 36.4 Å². The van der Waals surface area contributed by atoms with Gasteiger partial charge in [0.05, 0.1) is 5.69 Å². The lowest BCUT2D eigenvalue weighted by Gasteiger charge is -2.30. The van der Waals surface area contributed by atoms with E-state index >= 15 is 0 Å². The van der Waals surface area contributed by atoms with E-state index in [1.165, 1.54) is 4.90 Å². The lowest BCUT2D eigenvalue weighted by atomic mass is 9.86. The van der Waals surface area contributed by atoms with E-state index in [1.54, 1.807) is 0 Å². The molecule has 0 unspecified atom stereocenters. The van der Waals surface area contributed by atoms with Gasteiger partial charge in [-0.1, -0.05) is 26.8 Å². The Morgan fingerprint density at radius 3 is 2.64 bits per heavy atom. The van der Waals surface area contributed by atoms with Gasteiger partial charge in [0.15, 0.2) is 6.61 Å². The fraction of sp³-hybridized carbons (Fsp3) is 0.529. The van der Waals surface area contributed by atoms with Crippen molar-refractivity contribution in [3.05, 3.63) is 23.8 Å². The molecule has 0 atom stereocenters. The van der Waals surface area contributed by atoms with E-state index in [0.717, 1.165) is 5.56 Å². The van der Waals surface area contributed by atoms with Crippen LogP contribution in [0, 0.1) is 0 Å². The molecule has 0 aromatic heterocycles. The van der Waals surface area contributed by atoms with Crippen molar-refractivity contribution in [3.8, 4) is 5.75 Å². The van der Waals surface area contributed by atoms with Crippen LogP contribution in [0.5, 0.6) is 5.75 Å². The zero-order valence-electron chi connectivity index (χ0n) is 13.9. The lowest BCUT2D eigenvalue weighted by Crippen LogP contribution is -2.46. The number of ether oxygens (including phenoxy) is 1. The summed E-state index contributed by atoms with van der Waals surface area (Å²) in [5.41, 5.74) is 1.79. The normalized spacial score (nSPS) is 14.6. The highest BCUT2D eigenvalue weighted by Gasteiger charge is 2.28. The molecule has 0 saturated carbocycles. The summed E-state index contributed by atoms with van der Waals surface area (Å²) in [6.45, 7) is 10.1. The molecule has 5 nitrogen and oxygen atoms in total. The molecule has 120 valence electrons. The first kappa shape index (κ1) is 16.3. The smallest absolute Gasteiger partial charge is 0.265 e. The van der Waals surface area contributed by atoms with Gasteiger partial charge in [-0.15, -0.1) is 0 Å². The molecule has 0 spiro atoms. The van der Waals surface area contributed by atoms with E-state index in [1.807, 2.05) is 32.0 Å². The molecule has 2 amide bonds. The molecule has 0 aliphatic carbocycles. The summed E-state index contributed by atoms with van der Waals surface area (Å²) < 4.78 is 5.54. The number of nitrogens with zero attached hydrogens (tertiary/aromatic N) is 1. The molecule has 0 radical (unpaired) electrons. The van der Waals surface area contributed by atoms with Gasteiger partial charge in [0.25, 0.3) is 5.91 Å². The van der Waals surface area contributed by atoms with Gasteiger partial charge in [0.2, 0.25) is 5.91 Å². The van der Waals surface area contributed by atoms with Crippen molar-refractivity contribution in [3.63, 3.8) is 0 Å². The van der Waals surface area contributed by atoms with Gasteiger partial charge in [0, 0.05) is 6.04 Å². The molecule has 1 N–H and O–H groups in total. The van der Waals surface area contributed by atoms with E-state index < -0.39 is 0 Å². The second-order valence-electron chi connectivity index (χ2n) is 6.92. The monoisotopic (exact) mass is 304 g/mol. The van der Waals surface area contributed by atoms with Crippen LogP contribution in [0.15, 0.2) is 18.2 Å². The molecule has 1 heterocycles. The van der Waals surface area contributed by atoms with Crippen LogP contribution in [-0.4, -0.2) is 31.0 Å². The standard InChI is InChI=1S/C17H24N2O3/c1-11(2)18-15(20)9-19-13-7-6-12(17(3,4)5)8-14(13)22-10-16(19)21/h6-8,11H,9-10H2,1-5H3,(H,18,20). The highest BCUT2D eigenvalue weighted by molar-refractivity contribution is 6.02. The number of carbonyl (C=O) groups excluding carboxylic acids is 2. The molecule has 0 bridgehead atoms. The van der Waals surface area contributed by atoms with Crippen molar-refractivity contribution in [1.82, 2.24) is 5.32 Å². The van der Waals surface area contributed by atoms with E-state index in [4.69, 9.17) is 4.74 Å².